The third-order valence-corrected chi connectivity index (χ3v) is 2.36. The molecule has 2 N–H and O–H groups in total. The summed E-state index contributed by atoms with van der Waals surface area (Å²) in [6.45, 7) is 0.570. The smallest absolute Gasteiger partial charge is 0.252 e. The van der Waals surface area contributed by atoms with E-state index in [9.17, 15) is 9.18 Å². The van der Waals surface area contributed by atoms with Crippen LogP contribution in [0.1, 0.15) is 23.2 Å². The molecular formula is C11H13ClFNO2. The number of nitrogens with one attached hydrogen (secondary N) is 1. The van der Waals surface area contributed by atoms with Crippen LogP contribution in [0, 0.1) is 5.82 Å². The second kappa shape index (κ2) is 6.45. The quantitative estimate of drug-likeness (QED) is 0.780. The number of aliphatic hydroxyl groups is 1. The Morgan fingerprint density at radius 2 is 2.19 bits per heavy atom. The van der Waals surface area contributed by atoms with Gasteiger partial charge in [-0.15, -0.1) is 0 Å². The first-order valence-corrected chi connectivity index (χ1v) is 5.37. The van der Waals surface area contributed by atoms with Crippen molar-refractivity contribution in [1.29, 1.82) is 0 Å². The van der Waals surface area contributed by atoms with Gasteiger partial charge in [-0.1, -0.05) is 11.6 Å². The molecule has 1 aromatic rings. The zero-order valence-electron chi connectivity index (χ0n) is 8.67. The van der Waals surface area contributed by atoms with Crippen LogP contribution in [0.3, 0.4) is 0 Å². The van der Waals surface area contributed by atoms with Crippen molar-refractivity contribution in [2.24, 2.45) is 0 Å². The number of carbonyl (C=O) groups is 1. The molecule has 88 valence electrons. The van der Waals surface area contributed by atoms with Gasteiger partial charge in [0, 0.05) is 13.2 Å². The van der Waals surface area contributed by atoms with Crippen LogP contribution in [0.5, 0.6) is 0 Å². The van der Waals surface area contributed by atoms with E-state index >= 15 is 0 Å². The molecule has 0 radical (unpaired) electrons. The Balaban J connectivity index is 2.53. The molecule has 1 amide bonds. The first-order valence-electron chi connectivity index (χ1n) is 4.99. The van der Waals surface area contributed by atoms with E-state index < -0.39 is 5.82 Å². The highest BCUT2D eigenvalue weighted by molar-refractivity contribution is 6.33. The number of hydrogen-bond donors (Lipinski definition) is 2. The molecule has 5 heteroatoms. The molecule has 1 rings (SSSR count). The summed E-state index contributed by atoms with van der Waals surface area (Å²) in [7, 11) is 0. The summed E-state index contributed by atoms with van der Waals surface area (Å²) in [6.07, 6.45) is 1.33. The van der Waals surface area contributed by atoms with Crippen molar-refractivity contribution in [3.05, 3.63) is 34.6 Å². The van der Waals surface area contributed by atoms with Crippen LogP contribution in [-0.4, -0.2) is 24.2 Å². The number of unbranched alkanes of at least 4 members (excludes halogenated alkanes) is 1. The normalized spacial score (nSPS) is 10.2. The summed E-state index contributed by atoms with van der Waals surface area (Å²) in [4.78, 5) is 11.6. The van der Waals surface area contributed by atoms with Crippen molar-refractivity contribution in [3.8, 4) is 0 Å². The van der Waals surface area contributed by atoms with Crippen molar-refractivity contribution >= 4 is 17.5 Å². The molecule has 0 aliphatic heterocycles. The summed E-state index contributed by atoms with van der Waals surface area (Å²) in [6, 6.07) is 3.64. The Hall–Kier alpha value is -1.13. The van der Waals surface area contributed by atoms with Crippen molar-refractivity contribution in [2.75, 3.05) is 13.2 Å². The summed E-state index contributed by atoms with van der Waals surface area (Å²) in [5.74, 6) is -0.801. The van der Waals surface area contributed by atoms with Crippen molar-refractivity contribution < 1.29 is 14.3 Å². The molecule has 0 fully saturated rings. The molecule has 16 heavy (non-hydrogen) atoms. The monoisotopic (exact) mass is 245 g/mol. The van der Waals surface area contributed by atoms with Gasteiger partial charge in [0.05, 0.1) is 10.6 Å². The number of carbonyl (C=O) groups excluding carboxylic acids is 1. The SMILES string of the molecule is O=C(NCCCCO)c1ccc(F)cc1Cl. The van der Waals surface area contributed by atoms with Crippen molar-refractivity contribution in [3.63, 3.8) is 0 Å². The second-order valence-electron chi connectivity index (χ2n) is 3.31. The molecule has 0 bridgehead atoms. The average molecular weight is 246 g/mol. The fourth-order valence-electron chi connectivity index (χ4n) is 1.21. The van der Waals surface area contributed by atoms with Gasteiger partial charge in [0.15, 0.2) is 0 Å². The molecule has 0 aliphatic rings. The van der Waals surface area contributed by atoms with E-state index in [0.717, 1.165) is 6.07 Å². The number of halogens is 2. The Morgan fingerprint density at radius 1 is 1.44 bits per heavy atom. The topological polar surface area (TPSA) is 49.3 Å². The van der Waals surface area contributed by atoms with Gasteiger partial charge in [-0.25, -0.2) is 4.39 Å². The molecule has 0 saturated heterocycles. The first kappa shape index (κ1) is 12.9. The zero-order valence-corrected chi connectivity index (χ0v) is 9.43. The summed E-state index contributed by atoms with van der Waals surface area (Å²) in [5, 5.41) is 11.3. The zero-order chi connectivity index (χ0) is 12.0. The fourth-order valence-corrected chi connectivity index (χ4v) is 1.46. The fraction of sp³-hybridized carbons (Fsp3) is 0.364. The lowest BCUT2D eigenvalue weighted by Gasteiger charge is -2.06. The highest BCUT2D eigenvalue weighted by Gasteiger charge is 2.09. The molecule has 1 aromatic carbocycles. The van der Waals surface area contributed by atoms with Gasteiger partial charge in [0.1, 0.15) is 5.82 Å². The van der Waals surface area contributed by atoms with E-state index in [-0.39, 0.29) is 23.1 Å². The highest BCUT2D eigenvalue weighted by atomic mass is 35.5. The molecule has 0 unspecified atom stereocenters. The minimum Gasteiger partial charge on any atom is -0.396 e. The lowest BCUT2D eigenvalue weighted by atomic mass is 10.2. The van der Waals surface area contributed by atoms with Crippen molar-refractivity contribution in [1.82, 2.24) is 5.32 Å². The highest BCUT2D eigenvalue weighted by Crippen LogP contribution is 2.16. The Morgan fingerprint density at radius 3 is 2.81 bits per heavy atom. The van der Waals surface area contributed by atoms with Gasteiger partial charge in [0.2, 0.25) is 0 Å². The summed E-state index contributed by atoms with van der Waals surface area (Å²) >= 11 is 5.72. The van der Waals surface area contributed by atoms with Gasteiger partial charge >= 0.3 is 0 Å². The molecule has 0 heterocycles. The maximum atomic E-state index is 12.7. The van der Waals surface area contributed by atoms with Crippen LogP contribution in [0.2, 0.25) is 5.02 Å². The summed E-state index contributed by atoms with van der Waals surface area (Å²) < 4.78 is 12.7. The average Bonchev–Trinajstić information content (AvgIpc) is 2.24. The molecule has 0 aromatic heterocycles. The van der Waals surface area contributed by atoms with Crippen LogP contribution >= 0.6 is 11.6 Å². The number of aliphatic hydroxyl groups excluding tert-OH is 1. The molecule has 0 aliphatic carbocycles. The van der Waals surface area contributed by atoms with Gasteiger partial charge in [-0.3, -0.25) is 4.79 Å². The second-order valence-corrected chi connectivity index (χ2v) is 3.72. The standard InChI is InChI=1S/C11H13ClFNO2/c12-10-7-8(13)3-4-9(10)11(16)14-5-1-2-6-15/h3-4,7,15H,1-2,5-6H2,(H,14,16). The first-order chi connectivity index (χ1) is 7.65. The predicted molar refractivity (Wildman–Crippen MR) is 60.1 cm³/mol. The third-order valence-electron chi connectivity index (χ3n) is 2.05. The van der Waals surface area contributed by atoms with Crippen LogP contribution in [0.25, 0.3) is 0 Å². The van der Waals surface area contributed by atoms with Crippen LogP contribution in [0.4, 0.5) is 4.39 Å². The van der Waals surface area contributed by atoms with Crippen LogP contribution < -0.4 is 5.32 Å². The number of rotatable bonds is 5. The Kier molecular flexibility index (Phi) is 5.22. The maximum absolute atomic E-state index is 12.7. The van der Waals surface area contributed by atoms with Gasteiger partial charge in [-0.05, 0) is 31.0 Å². The van der Waals surface area contributed by atoms with Crippen LogP contribution in [0.15, 0.2) is 18.2 Å². The number of amides is 1. The molecular weight excluding hydrogens is 233 g/mol. The lowest BCUT2D eigenvalue weighted by Crippen LogP contribution is -2.24. The van der Waals surface area contributed by atoms with Gasteiger partial charge in [-0.2, -0.15) is 0 Å². The minimum atomic E-state index is -0.471. The van der Waals surface area contributed by atoms with E-state index in [1.165, 1.54) is 12.1 Å². The summed E-state index contributed by atoms with van der Waals surface area (Å²) in [5.41, 5.74) is 0.257. The van der Waals surface area contributed by atoms with Crippen LogP contribution in [-0.2, 0) is 0 Å². The maximum Gasteiger partial charge on any atom is 0.252 e. The van der Waals surface area contributed by atoms with E-state index in [1.807, 2.05) is 0 Å². The largest absolute Gasteiger partial charge is 0.396 e. The van der Waals surface area contributed by atoms with Crippen molar-refractivity contribution in [2.45, 2.75) is 12.8 Å². The minimum absolute atomic E-state index is 0.0969. The van der Waals surface area contributed by atoms with Gasteiger partial charge in [0.25, 0.3) is 5.91 Å². The lowest BCUT2D eigenvalue weighted by molar-refractivity contribution is 0.0952. The van der Waals surface area contributed by atoms with E-state index in [1.54, 1.807) is 0 Å². The number of hydrogen-bond acceptors (Lipinski definition) is 2. The van der Waals surface area contributed by atoms with E-state index in [4.69, 9.17) is 16.7 Å². The van der Waals surface area contributed by atoms with Gasteiger partial charge < -0.3 is 10.4 Å². The third kappa shape index (κ3) is 3.79. The number of benzene rings is 1. The van der Waals surface area contributed by atoms with E-state index in [0.29, 0.717) is 19.4 Å². The Labute approximate surface area is 98.2 Å². The molecule has 3 nitrogen and oxygen atoms in total. The Bertz CT molecular complexity index is 371. The predicted octanol–water partition coefficient (Wildman–Crippen LogP) is 1.98. The molecule has 0 spiro atoms. The molecule has 0 atom stereocenters. The van der Waals surface area contributed by atoms with E-state index in [2.05, 4.69) is 5.32 Å². The molecule has 0 saturated carbocycles.